The number of anilines is 5. The van der Waals surface area contributed by atoms with Crippen LogP contribution in [0.1, 0.15) is 92.4 Å². The number of hydrogen-bond acceptors (Lipinski definition) is 31. The van der Waals surface area contributed by atoms with E-state index in [1.54, 1.807) is 104 Å². The zero-order chi connectivity index (χ0) is 101. The largest absolute Gasteiger partial charge is 0.491 e. The van der Waals surface area contributed by atoms with Crippen molar-refractivity contribution in [3.8, 4) is 46.2 Å². The van der Waals surface area contributed by atoms with Crippen LogP contribution in [0, 0.1) is 0 Å². The summed E-state index contributed by atoms with van der Waals surface area (Å²) in [6.45, 7) is 33.8. The van der Waals surface area contributed by atoms with Crippen LogP contribution in [0.5, 0.6) is 23.0 Å². The van der Waals surface area contributed by atoms with E-state index >= 15 is 0 Å². The molecule has 2 unspecified atom stereocenters. The standard InChI is InChI=1S/C32H33N9O4.C19H30N2O4.C18H13N7O3.C14H22N2O2.C10H20N2O2.C9H11BrO2.ClH/c1-21-20-38(14-15-39(21)23-10-12-24(13-11-23)44-18-17-43-2)31(42)27(22-7-4-3-5-8-22)40-30-25(19-34-40)29-35-28(26-9-6-16-45-26)37-41(29)32(33)36-30;1-15-14-20(18(22)25-19(2,3)4)10-11-21(15)16-6-8-17(9-7-16)24-13-12-23-5;19-18-22-16-11(15-21-14(23-25(15)18)12-7-4-8-28-12)9-20-24(16)13(17(26)27)10-5-2-1-3-6-10;1-12-11-15-7-8-16(12)13-3-5-14(6-4-13)18-10-9-17-2;1-8-7-12(6-5-11-8)9(13)14-10(2,3)4;1-11-6-7-12-9-4-2-8(10)3-5-9;/h3-13,16,19,21,27H,14-15,17-18,20H2,1-2H3,(H2,33,36);6-9,15H,10-14H2,1-5H3;1-9,13H,(H2,19,22)(H,26,27);3-6,12,15H,7-11H2,1-2H3;8,11H,5-7H2,1-4H3;2-5H,6-7H2,1H3;1H/t21-,27?;15-;;12-;8-;;/m11.11../s1. The predicted molar refractivity (Wildman–Crippen MR) is 552 cm³/mol. The number of piperazine rings is 4. The lowest BCUT2D eigenvalue weighted by molar-refractivity contribution is -0.139. The lowest BCUT2D eigenvalue weighted by atomic mass is 10.0. The highest BCUT2D eigenvalue weighted by Gasteiger charge is 2.37. The van der Waals surface area contributed by atoms with E-state index < -0.39 is 29.3 Å². The number of nitrogen functional groups attached to an aromatic ring is 2. The molecule has 14 aromatic rings. The molecule has 4 aliphatic heterocycles. The van der Waals surface area contributed by atoms with E-state index in [4.69, 9.17) is 67.7 Å². The number of aromatic nitrogens is 12. The first-order valence-electron chi connectivity index (χ1n) is 47.2. The summed E-state index contributed by atoms with van der Waals surface area (Å²) in [7, 11) is 6.65. The zero-order valence-corrected chi connectivity index (χ0v) is 85.6. The molecule has 0 radical (unpaired) electrons. The van der Waals surface area contributed by atoms with Gasteiger partial charge in [-0.05, 0) is 202 Å². The SMILES string of the molecule is COCCOc1ccc(Br)cc1.COCCOc1ccc(N2CCN(C(=O)C(c3ccccc3)n3ncc4c3nc(N)n3nc(-c5ccco5)nc43)C[C@H]2C)cc1.COCCOc1ccc(N2CCN(C(=O)OC(C)(C)C)C[C@H]2C)cc1.COCCOc1ccc(N2CCNC[C@H]2C)cc1.C[C@@H]1CN(C(=O)OC(C)(C)C)CCN1.Cl.Nc1nc2c(cnn2C(C(=O)O)c2ccccc2)c2nc(-c3ccco3)nn12. The van der Waals surface area contributed by atoms with Crippen LogP contribution in [0.2, 0.25) is 0 Å². The van der Waals surface area contributed by atoms with E-state index in [-0.39, 0.29) is 54.5 Å². The van der Waals surface area contributed by atoms with Gasteiger partial charge in [0, 0.05) is 153 Å². The number of halogens is 2. The number of carboxylic acids is 1. The molecule has 12 heterocycles. The van der Waals surface area contributed by atoms with Crippen molar-refractivity contribution in [2.24, 2.45) is 0 Å². The molecule has 764 valence electrons. The molecule has 0 aliphatic carbocycles. The van der Waals surface area contributed by atoms with Crippen LogP contribution in [0.3, 0.4) is 0 Å². The number of carbonyl (C=O) groups is 4. The van der Waals surface area contributed by atoms with Gasteiger partial charge in [-0.2, -0.15) is 29.2 Å². The number of nitrogens with two attached hydrogens (primary N) is 2. The number of fused-ring (bicyclic) bond motifs is 6. The van der Waals surface area contributed by atoms with Crippen molar-refractivity contribution >= 4 is 115 Å². The number of rotatable bonds is 27. The lowest BCUT2D eigenvalue weighted by Crippen LogP contribution is -2.55. The Kier molecular flexibility index (Phi) is 39.0. The van der Waals surface area contributed by atoms with Gasteiger partial charge in [-0.15, -0.1) is 22.6 Å². The minimum absolute atomic E-state index is 0. The second-order valence-corrected chi connectivity index (χ2v) is 36.9. The number of carbonyl (C=O) groups excluding carboxylic acids is 3. The number of hydrogen-bond donors (Lipinski definition) is 5. The third-order valence-corrected chi connectivity index (χ3v) is 23.6. The third-order valence-electron chi connectivity index (χ3n) is 23.1. The maximum absolute atomic E-state index is 14.4. The number of nitrogens with zero attached hydrogens (tertiary/aromatic N) is 18. The van der Waals surface area contributed by atoms with Crippen LogP contribution in [0.25, 0.3) is 56.5 Å². The Morgan fingerprint density at radius 2 is 0.832 bits per heavy atom. The highest BCUT2D eigenvalue weighted by Crippen LogP contribution is 2.35. The molecule has 143 heavy (non-hydrogen) atoms. The van der Waals surface area contributed by atoms with E-state index in [2.05, 4.69) is 146 Å². The molecule has 6 aromatic carbocycles. The van der Waals surface area contributed by atoms with Gasteiger partial charge in [0.25, 0.3) is 5.91 Å². The van der Waals surface area contributed by atoms with Gasteiger partial charge in [0.05, 0.1) is 62.1 Å². The van der Waals surface area contributed by atoms with Gasteiger partial charge in [-0.25, -0.2) is 33.7 Å². The van der Waals surface area contributed by atoms with E-state index in [0.29, 0.717) is 160 Å². The molecular weight excluding hydrogens is 1920 g/mol. The average Bonchev–Trinajstić information content (AvgIpc) is 1.59. The first kappa shape index (κ1) is 108. The summed E-state index contributed by atoms with van der Waals surface area (Å²) in [5.41, 5.74) is 18.1. The summed E-state index contributed by atoms with van der Waals surface area (Å²) in [6, 6.07) is 56.9. The Hall–Kier alpha value is -13.9. The average molecular weight is 2050 g/mol. The summed E-state index contributed by atoms with van der Waals surface area (Å²) >= 11 is 3.35. The molecule has 4 fully saturated rings. The smallest absolute Gasteiger partial charge is 0.410 e. The fraction of sp³-hybridized carbons (Fsp3) is 0.412. The van der Waals surface area contributed by atoms with Gasteiger partial charge in [0.2, 0.25) is 23.5 Å². The highest BCUT2D eigenvalue weighted by atomic mass is 79.9. The van der Waals surface area contributed by atoms with Crippen LogP contribution in [0.4, 0.5) is 38.5 Å². The van der Waals surface area contributed by atoms with Crippen LogP contribution in [-0.2, 0) is 38.0 Å². The molecule has 3 amide bonds. The lowest BCUT2D eigenvalue weighted by Gasteiger charge is -2.42. The Balaban J connectivity index is 0.000000162. The number of aliphatic carboxylic acids is 1. The zero-order valence-electron chi connectivity index (χ0n) is 83.2. The Morgan fingerprint density at radius 1 is 0.448 bits per heavy atom. The quantitative estimate of drug-likeness (QED) is 0.0298. The molecule has 4 aliphatic rings. The number of amides is 3. The monoisotopic (exact) mass is 2050 g/mol. The number of nitrogens with one attached hydrogen (secondary N) is 2. The van der Waals surface area contributed by atoms with Gasteiger partial charge in [-0.1, -0.05) is 76.6 Å². The van der Waals surface area contributed by atoms with Crippen LogP contribution in [-0.4, -0.2) is 298 Å². The van der Waals surface area contributed by atoms with Gasteiger partial charge in [0.1, 0.15) is 60.6 Å². The summed E-state index contributed by atoms with van der Waals surface area (Å²) in [4.78, 5) is 80.9. The molecule has 7 N–H and O–H groups in total. The molecule has 39 nitrogen and oxygen atoms in total. The molecule has 0 bridgehead atoms. The Morgan fingerprint density at radius 3 is 1.21 bits per heavy atom. The van der Waals surface area contributed by atoms with Crippen LogP contribution < -0.4 is 55.7 Å². The van der Waals surface area contributed by atoms with E-state index in [1.165, 1.54) is 31.9 Å². The summed E-state index contributed by atoms with van der Waals surface area (Å²) in [6.07, 6.45) is 5.81. The van der Waals surface area contributed by atoms with E-state index in [1.807, 2.05) is 144 Å². The third kappa shape index (κ3) is 29.4. The summed E-state index contributed by atoms with van der Waals surface area (Å²) in [5, 5.41) is 35.4. The maximum Gasteiger partial charge on any atom is 0.410 e. The number of carboxylic acid groups (broad SMARTS) is 1. The molecular formula is C102H130BrClN22O17. The fourth-order valence-corrected chi connectivity index (χ4v) is 16.5. The maximum atomic E-state index is 14.4. The van der Waals surface area contributed by atoms with Gasteiger partial charge in [-0.3, -0.25) is 4.79 Å². The van der Waals surface area contributed by atoms with Crippen molar-refractivity contribution in [2.75, 3.05) is 186 Å². The first-order valence-corrected chi connectivity index (χ1v) is 48.0. The molecule has 6 atom stereocenters. The molecule has 41 heteroatoms. The second-order valence-electron chi connectivity index (χ2n) is 36.0. The first-order chi connectivity index (χ1) is 68.5. The number of methoxy groups -OCH3 is 4. The number of furan rings is 2. The van der Waals surface area contributed by atoms with Crippen molar-refractivity contribution in [3.63, 3.8) is 0 Å². The normalized spacial score (nSPS) is 16.3. The van der Waals surface area contributed by atoms with Crippen molar-refractivity contribution < 1.29 is 80.5 Å². The fourth-order valence-electron chi connectivity index (χ4n) is 16.2. The van der Waals surface area contributed by atoms with E-state index in [9.17, 15) is 24.3 Å². The predicted octanol–water partition coefficient (Wildman–Crippen LogP) is 14.4. The molecule has 18 rings (SSSR count). The Labute approximate surface area is 845 Å². The van der Waals surface area contributed by atoms with Gasteiger partial charge >= 0.3 is 18.2 Å². The van der Waals surface area contributed by atoms with E-state index in [0.717, 1.165) is 90.2 Å². The number of ether oxygens (including phenoxy) is 10. The molecule has 0 spiro atoms. The second kappa shape index (κ2) is 51.7. The molecule has 4 saturated heterocycles. The van der Waals surface area contributed by atoms with Crippen molar-refractivity contribution in [3.05, 3.63) is 223 Å². The number of benzene rings is 6. The highest BCUT2D eigenvalue weighted by molar-refractivity contribution is 9.10. The van der Waals surface area contributed by atoms with Crippen LogP contribution >= 0.6 is 28.3 Å². The minimum Gasteiger partial charge on any atom is -0.491 e. The van der Waals surface area contributed by atoms with Crippen LogP contribution in [0.15, 0.2) is 220 Å². The molecule has 0 saturated carbocycles. The van der Waals surface area contributed by atoms with Crippen molar-refractivity contribution in [2.45, 2.75) is 117 Å². The minimum atomic E-state index is -1.06. The van der Waals surface area contributed by atoms with Gasteiger partial charge < -0.3 is 113 Å². The summed E-state index contributed by atoms with van der Waals surface area (Å²) < 4.78 is 70.5. The van der Waals surface area contributed by atoms with Crippen molar-refractivity contribution in [1.29, 1.82) is 0 Å². The van der Waals surface area contributed by atoms with Gasteiger partial charge in [0.15, 0.2) is 46.2 Å². The summed E-state index contributed by atoms with van der Waals surface area (Å²) in [5.74, 6) is 4.17. The van der Waals surface area contributed by atoms with Crippen molar-refractivity contribution in [1.82, 2.24) is 84.1 Å². The Bertz CT molecular complexity index is 6300. The molecule has 8 aromatic heterocycles. The topological polar surface area (TPSA) is 424 Å².